The number of nitriles is 1. The summed E-state index contributed by atoms with van der Waals surface area (Å²) in [6.45, 7) is 3.80. The van der Waals surface area contributed by atoms with Crippen LogP contribution in [0.1, 0.15) is 19.3 Å². The van der Waals surface area contributed by atoms with Crippen molar-refractivity contribution in [2.24, 2.45) is 0 Å². The Hall–Kier alpha value is -0.420. The number of unbranched alkanes of at least 4 members (excludes halogenated alkanes) is 2. The highest BCUT2D eigenvalue weighted by Crippen LogP contribution is 2.41. The largest absolute Gasteiger partial charge is 0.228 e. The molecule has 2 heteroatoms. The summed E-state index contributed by atoms with van der Waals surface area (Å²) in [7, 11) is -0.545. The summed E-state index contributed by atoms with van der Waals surface area (Å²) >= 11 is 0. The van der Waals surface area contributed by atoms with Gasteiger partial charge in [-0.15, -0.1) is 0 Å². The summed E-state index contributed by atoms with van der Waals surface area (Å²) in [6, 6.07) is 2.16. The van der Waals surface area contributed by atoms with Crippen molar-refractivity contribution in [3.8, 4) is 6.07 Å². The Labute approximate surface area is 71.4 Å². The maximum absolute atomic E-state index is 8.29. The first-order valence-corrected chi connectivity index (χ1v) is 6.51. The fraction of sp³-hybridized carbons (Fsp3) is 0.667. The molecule has 0 spiro atoms. The predicted octanol–water partition coefficient (Wildman–Crippen LogP) is 2.89. The van der Waals surface area contributed by atoms with Crippen LogP contribution in [-0.2, 0) is 0 Å². The molecule has 0 amide bonds. The van der Waals surface area contributed by atoms with Gasteiger partial charge in [0.15, 0.2) is 0 Å². The first kappa shape index (κ1) is 10.6. The van der Waals surface area contributed by atoms with Crippen molar-refractivity contribution in [1.82, 2.24) is 0 Å². The second kappa shape index (κ2) is 5.26. The Morgan fingerprint density at radius 3 is 2.55 bits per heavy atom. The summed E-state index contributed by atoms with van der Waals surface area (Å²) in [5, 5.41) is 10.4. The molecule has 0 aromatic rings. The lowest BCUT2D eigenvalue weighted by Crippen LogP contribution is -1.96. The van der Waals surface area contributed by atoms with Crippen molar-refractivity contribution in [2.45, 2.75) is 19.3 Å². The van der Waals surface area contributed by atoms with Crippen LogP contribution in [0.3, 0.4) is 0 Å². The number of nitrogens with zero attached hydrogens (tertiary/aromatic N) is 1. The molecule has 0 bridgehead atoms. The van der Waals surface area contributed by atoms with Crippen molar-refractivity contribution in [3.05, 3.63) is 12.0 Å². The minimum Gasteiger partial charge on any atom is -0.228 e. The van der Waals surface area contributed by atoms with Crippen LogP contribution >= 0.6 is 10.0 Å². The van der Waals surface area contributed by atoms with Gasteiger partial charge in [0, 0.05) is 6.42 Å². The van der Waals surface area contributed by atoms with Crippen LogP contribution in [0.15, 0.2) is 12.0 Å². The molecule has 0 rings (SSSR count). The van der Waals surface area contributed by atoms with Gasteiger partial charge >= 0.3 is 0 Å². The minimum absolute atomic E-state index is 0.545. The van der Waals surface area contributed by atoms with Gasteiger partial charge in [-0.1, -0.05) is 12.0 Å². The monoisotopic (exact) mass is 171 g/mol. The molecule has 0 heterocycles. The zero-order valence-corrected chi connectivity index (χ0v) is 8.28. The predicted molar refractivity (Wildman–Crippen MR) is 54.0 cm³/mol. The van der Waals surface area contributed by atoms with Gasteiger partial charge in [-0.05, 0) is 31.1 Å². The molecule has 0 N–H and O–H groups in total. The van der Waals surface area contributed by atoms with Gasteiger partial charge in [-0.3, -0.25) is 0 Å². The van der Waals surface area contributed by atoms with Gasteiger partial charge in [0.05, 0.1) is 6.07 Å². The molecular formula is C9H17NS. The highest BCUT2D eigenvalue weighted by molar-refractivity contribution is 8.35. The summed E-state index contributed by atoms with van der Waals surface area (Å²) in [5.41, 5.74) is 0. The first-order chi connectivity index (χ1) is 5.12. The van der Waals surface area contributed by atoms with E-state index in [1.54, 1.807) is 0 Å². The second-order valence-electron chi connectivity index (χ2n) is 3.11. The van der Waals surface area contributed by atoms with E-state index < -0.39 is 10.0 Å². The molecule has 0 aliphatic heterocycles. The van der Waals surface area contributed by atoms with E-state index in [2.05, 4.69) is 30.6 Å². The van der Waals surface area contributed by atoms with Gasteiger partial charge in [-0.25, -0.2) is 10.0 Å². The van der Waals surface area contributed by atoms with E-state index in [-0.39, 0.29) is 0 Å². The van der Waals surface area contributed by atoms with E-state index >= 15 is 0 Å². The van der Waals surface area contributed by atoms with Crippen LogP contribution in [0, 0.1) is 11.3 Å². The highest BCUT2D eigenvalue weighted by atomic mass is 32.3. The Morgan fingerprint density at radius 1 is 1.45 bits per heavy atom. The van der Waals surface area contributed by atoms with Crippen LogP contribution in [0.25, 0.3) is 0 Å². The Bertz CT molecular complexity index is 155. The van der Waals surface area contributed by atoms with Gasteiger partial charge < -0.3 is 0 Å². The average molecular weight is 171 g/mol. The van der Waals surface area contributed by atoms with E-state index in [0.29, 0.717) is 6.42 Å². The maximum Gasteiger partial charge on any atom is 0.0621 e. The van der Waals surface area contributed by atoms with Crippen molar-refractivity contribution in [1.29, 1.82) is 5.26 Å². The number of hydrogen-bond acceptors (Lipinski definition) is 1. The summed E-state index contributed by atoms with van der Waals surface area (Å²) < 4.78 is 0. The maximum atomic E-state index is 8.29. The summed E-state index contributed by atoms with van der Waals surface area (Å²) in [4.78, 5) is 0. The van der Waals surface area contributed by atoms with Crippen molar-refractivity contribution in [2.75, 3.05) is 18.3 Å². The average Bonchev–Trinajstić information content (AvgIpc) is 1.99. The third-order valence-electron chi connectivity index (χ3n) is 1.66. The first-order valence-electron chi connectivity index (χ1n) is 3.83. The molecule has 0 aromatic carbocycles. The highest BCUT2D eigenvalue weighted by Gasteiger charge is 2.04. The molecule has 0 saturated heterocycles. The fourth-order valence-corrected chi connectivity index (χ4v) is 1.88. The molecule has 0 saturated carbocycles. The molecule has 0 aliphatic carbocycles. The van der Waals surface area contributed by atoms with Gasteiger partial charge in [0.2, 0.25) is 0 Å². The van der Waals surface area contributed by atoms with Crippen molar-refractivity contribution in [3.63, 3.8) is 0 Å². The van der Waals surface area contributed by atoms with Crippen molar-refractivity contribution >= 4 is 10.0 Å². The van der Waals surface area contributed by atoms with Gasteiger partial charge in [0.25, 0.3) is 0 Å². The lowest BCUT2D eigenvalue weighted by Gasteiger charge is -2.25. The zero-order valence-electron chi connectivity index (χ0n) is 7.47. The third-order valence-corrected chi connectivity index (χ3v) is 3.90. The topological polar surface area (TPSA) is 23.8 Å². The van der Waals surface area contributed by atoms with E-state index in [4.69, 9.17) is 5.26 Å². The molecule has 64 valence electrons. The van der Waals surface area contributed by atoms with Crippen LogP contribution < -0.4 is 0 Å². The Kier molecular flexibility index (Phi) is 5.06. The van der Waals surface area contributed by atoms with Crippen LogP contribution in [0.4, 0.5) is 0 Å². The molecule has 0 fully saturated rings. The molecule has 1 nitrogen and oxygen atoms in total. The lowest BCUT2D eigenvalue weighted by atomic mass is 10.3. The fourth-order valence-electron chi connectivity index (χ4n) is 0.761. The summed E-state index contributed by atoms with van der Waals surface area (Å²) in [5.74, 6) is 1.22. The Morgan fingerprint density at radius 2 is 2.09 bits per heavy atom. The molecule has 0 aliphatic rings. The van der Waals surface area contributed by atoms with Crippen LogP contribution in [0.2, 0.25) is 0 Å². The lowest BCUT2D eigenvalue weighted by molar-refractivity contribution is 0.828. The minimum atomic E-state index is -0.545. The van der Waals surface area contributed by atoms with E-state index in [1.807, 2.05) is 0 Å². The molecule has 0 aromatic heterocycles. The van der Waals surface area contributed by atoms with E-state index in [0.717, 1.165) is 6.42 Å². The van der Waals surface area contributed by atoms with E-state index in [9.17, 15) is 0 Å². The molecular weight excluding hydrogens is 154 g/mol. The molecule has 0 radical (unpaired) electrons. The smallest absolute Gasteiger partial charge is 0.0621 e. The number of rotatable bonds is 5. The van der Waals surface area contributed by atoms with E-state index in [1.165, 1.54) is 12.2 Å². The SMILES string of the molecule is C=CS(C)(C)CCCCC#N. The zero-order chi connectivity index (χ0) is 8.74. The Balaban J connectivity index is 3.39. The van der Waals surface area contributed by atoms with Gasteiger partial charge in [0.1, 0.15) is 0 Å². The molecule has 11 heavy (non-hydrogen) atoms. The third kappa shape index (κ3) is 6.00. The number of hydrogen-bond donors (Lipinski definition) is 0. The van der Waals surface area contributed by atoms with Crippen LogP contribution in [-0.4, -0.2) is 18.3 Å². The second-order valence-corrected chi connectivity index (χ2v) is 7.10. The summed E-state index contributed by atoms with van der Waals surface area (Å²) in [6.07, 6.45) is 7.42. The van der Waals surface area contributed by atoms with Gasteiger partial charge in [-0.2, -0.15) is 5.26 Å². The quantitative estimate of drug-likeness (QED) is 0.583. The standard InChI is InChI=1S/C9H17NS/c1-4-11(2,3)9-7-5-6-8-10/h4H,1,5-7,9H2,2-3H3. The van der Waals surface area contributed by atoms with Crippen LogP contribution in [0.5, 0.6) is 0 Å². The normalized spacial score (nSPS) is 12.1. The molecule has 0 unspecified atom stereocenters. The molecule has 0 atom stereocenters. The van der Waals surface area contributed by atoms with Crippen molar-refractivity contribution < 1.29 is 0 Å².